The summed E-state index contributed by atoms with van der Waals surface area (Å²) in [4.78, 5) is 35.1. The van der Waals surface area contributed by atoms with E-state index >= 15 is 0 Å². The molecule has 98 valence electrons. The van der Waals surface area contributed by atoms with Gasteiger partial charge in [-0.3, -0.25) is 9.59 Å². The minimum absolute atomic E-state index is 0.276. The molecule has 0 bridgehead atoms. The quantitative estimate of drug-likeness (QED) is 0.553. The van der Waals surface area contributed by atoms with Crippen LogP contribution in [0, 0.1) is 0 Å². The van der Waals surface area contributed by atoms with Gasteiger partial charge in [0, 0.05) is 6.92 Å². The number of aliphatic hydroxyl groups excluding tert-OH is 1. The third-order valence-corrected chi connectivity index (χ3v) is 4.06. The van der Waals surface area contributed by atoms with Gasteiger partial charge in [-0.05, 0) is 11.0 Å². The molecule has 3 N–H and O–H groups in total. The van der Waals surface area contributed by atoms with E-state index in [4.69, 9.17) is 10.2 Å². The molecular formula is C10H12N2O5S. The number of aliphatic carboxylic acids is 1. The zero-order valence-electron chi connectivity index (χ0n) is 9.49. The number of hydrogen-bond acceptors (Lipinski definition) is 5. The molecule has 0 aromatic carbocycles. The van der Waals surface area contributed by atoms with E-state index in [1.165, 1.54) is 23.6 Å². The number of hydrogen-bond donors (Lipinski definition) is 3. The first-order valence-electron chi connectivity index (χ1n) is 5.24. The van der Waals surface area contributed by atoms with Gasteiger partial charge >= 0.3 is 5.97 Å². The summed E-state index contributed by atoms with van der Waals surface area (Å²) in [5.74, 6) is -1.96. The largest absolute Gasteiger partial charge is 0.479 e. The maximum Gasteiger partial charge on any atom is 0.330 e. The highest BCUT2D eigenvalue weighted by atomic mass is 32.2. The molecule has 3 unspecified atom stereocenters. The predicted octanol–water partition coefficient (Wildman–Crippen LogP) is -1.26. The van der Waals surface area contributed by atoms with E-state index in [0.29, 0.717) is 0 Å². The smallest absolute Gasteiger partial charge is 0.330 e. The lowest BCUT2D eigenvalue weighted by Crippen LogP contribution is -2.73. The van der Waals surface area contributed by atoms with Crippen molar-refractivity contribution in [2.24, 2.45) is 0 Å². The molecular weight excluding hydrogens is 260 g/mol. The number of nitrogens with zero attached hydrogens (tertiary/aromatic N) is 1. The van der Waals surface area contributed by atoms with Gasteiger partial charge in [0.05, 0.1) is 6.61 Å². The molecule has 1 saturated heterocycles. The summed E-state index contributed by atoms with van der Waals surface area (Å²) in [6, 6.07) is -1.83. The van der Waals surface area contributed by atoms with E-state index in [-0.39, 0.29) is 11.5 Å². The number of carboxylic acids is 1. The van der Waals surface area contributed by atoms with Crippen molar-refractivity contribution < 1.29 is 24.6 Å². The van der Waals surface area contributed by atoms with Crippen LogP contribution in [0.5, 0.6) is 0 Å². The summed E-state index contributed by atoms with van der Waals surface area (Å²) in [6.45, 7) is 0.887. The van der Waals surface area contributed by atoms with E-state index in [9.17, 15) is 14.4 Å². The van der Waals surface area contributed by atoms with Crippen LogP contribution in [0.25, 0.3) is 0 Å². The maximum atomic E-state index is 11.8. The van der Waals surface area contributed by atoms with E-state index in [1.54, 1.807) is 5.41 Å². The molecule has 1 fully saturated rings. The zero-order valence-corrected chi connectivity index (χ0v) is 10.3. The summed E-state index contributed by atoms with van der Waals surface area (Å²) in [5.41, 5.74) is 0.276. The Morgan fingerprint density at radius 2 is 2.22 bits per heavy atom. The van der Waals surface area contributed by atoms with E-state index in [1.807, 2.05) is 0 Å². The highest BCUT2D eigenvalue weighted by Crippen LogP contribution is 2.39. The summed E-state index contributed by atoms with van der Waals surface area (Å²) in [7, 11) is 0. The van der Waals surface area contributed by atoms with Crippen LogP contribution in [0.4, 0.5) is 0 Å². The predicted molar refractivity (Wildman–Crippen MR) is 62.4 cm³/mol. The average Bonchev–Trinajstić information content (AvgIpc) is 2.33. The third-order valence-electron chi connectivity index (χ3n) is 2.84. The molecule has 0 aromatic rings. The second-order valence-corrected chi connectivity index (χ2v) is 5.03. The first-order chi connectivity index (χ1) is 8.47. The van der Waals surface area contributed by atoms with Gasteiger partial charge in [0.1, 0.15) is 11.4 Å². The lowest BCUT2D eigenvalue weighted by Gasteiger charge is -2.51. The van der Waals surface area contributed by atoms with Crippen molar-refractivity contribution in [3.8, 4) is 0 Å². The number of carbonyl (C=O) groups is 3. The Kier molecular flexibility index (Phi) is 3.31. The minimum atomic E-state index is -1.18. The molecule has 8 heteroatoms. The number of amides is 2. The number of thioether (sulfide) groups is 1. The van der Waals surface area contributed by atoms with Gasteiger partial charge in [-0.1, -0.05) is 0 Å². The van der Waals surface area contributed by atoms with Gasteiger partial charge in [0.25, 0.3) is 0 Å². The number of fused-ring (bicyclic) bond motifs is 1. The summed E-state index contributed by atoms with van der Waals surface area (Å²) in [5, 5.41) is 21.8. The molecule has 0 spiro atoms. The van der Waals surface area contributed by atoms with Crippen LogP contribution in [0.3, 0.4) is 0 Å². The number of rotatable bonds is 3. The van der Waals surface area contributed by atoms with Crippen LogP contribution in [0.2, 0.25) is 0 Å². The molecule has 2 aliphatic rings. The fourth-order valence-corrected chi connectivity index (χ4v) is 3.27. The molecule has 2 aliphatic heterocycles. The van der Waals surface area contributed by atoms with Crippen LogP contribution in [-0.2, 0) is 14.4 Å². The van der Waals surface area contributed by atoms with Crippen molar-refractivity contribution in [2.45, 2.75) is 24.4 Å². The molecule has 18 heavy (non-hydrogen) atoms. The summed E-state index contributed by atoms with van der Waals surface area (Å²) < 4.78 is 0. The minimum Gasteiger partial charge on any atom is -0.479 e. The van der Waals surface area contributed by atoms with Gasteiger partial charge in [-0.25, -0.2) is 4.79 Å². The van der Waals surface area contributed by atoms with Crippen molar-refractivity contribution in [2.75, 3.05) is 6.61 Å². The normalized spacial score (nSPS) is 30.1. The Morgan fingerprint density at radius 3 is 2.72 bits per heavy atom. The van der Waals surface area contributed by atoms with E-state index in [0.717, 1.165) is 0 Å². The third kappa shape index (κ3) is 1.87. The molecule has 7 nitrogen and oxygen atoms in total. The van der Waals surface area contributed by atoms with Gasteiger partial charge in [-0.2, -0.15) is 0 Å². The average molecular weight is 272 g/mol. The Bertz CT molecular complexity index is 450. The summed E-state index contributed by atoms with van der Waals surface area (Å²) >= 11 is 1.23. The van der Waals surface area contributed by atoms with Crippen LogP contribution in [-0.4, -0.2) is 57.0 Å². The zero-order chi connectivity index (χ0) is 13.4. The number of carbonyl (C=O) groups excluding carboxylic acids is 2. The highest BCUT2D eigenvalue weighted by Gasteiger charge is 2.55. The Morgan fingerprint density at radius 1 is 1.56 bits per heavy atom. The molecule has 0 radical (unpaired) electrons. The molecule has 0 saturated carbocycles. The van der Waals surface area contributed by atoms with Gasteiger partial charge in [0.15, 0.2) is 6.04 Å². The van der Waals surface area contributed by atoms with Gasteiger partial charge in [0.2, 0.25) is 11.8 Å². The van der Waals surface area contributed by atoms with Crippen molar-refractivity contribution in [1.82, 2.24) is 10.2 Å². The van der Waals surface area contributed by atoms with Crippen molar-refractivity contribution in [3.63, 3.8) is 0 Å². The van der Waals surface area contributed by atoms with Gasteiger partial charge < -0.3 is 20.4 Å². The maximum absolute atomic E-state index is 11.8. The molecule has 2 heterocycles. The monoisotopic (exact) mass is 272 g/mol. The van der Waals surface area contributed by atoms with E-state index in [2.05, 4.69) is 5.32 Å². The second-order valence-electron chi connectivity index (χ2n) is 4.04. The topological polar surface area (TPSA) is 107 Å². The second kappa shape index (κ2) is 4.62. The van der Waals surface area contributed by atoms with E-state index < -0.39 is 35.9 Å². The lowest BCUT2D eigenvalue weighted by atomic mass is 9.98. The first-order valence-corrected chi connectivity index (χ1v) is 6.19. The molecule has 0 aliphatic carbocycles. The van der Waals surface area contributed by atoms with Crippen LogP contribution in [0.15, 0.2) is 11.0 Å². The van der Waals surface area contributed by atoms with Crippen LogP contribution in [0.1, 0.15) is 6.92 Å². The molecule has 3 atom stereocenters. The van der Waals surface area contributed by atoms with Crippen molar-refractivity contribution in [1.29, 1.82) is 0 Å². The van der Waals surface area contributed by atoms with Crippen LogP contribution >= 0.6 is 11.8 Å². The SMILES string of the molecule is CC(=O)NC1C(=O)N2C(C(=O)O)C(CO)=CSC12. The fourth-order valence-electron chi connectivity index (χ4n) is 2.06. The standard InChI is InChI=1S/C10H12N2O5S/c1-4(14)11-6-8(15)12-7(10(16)17)5(2-13)3-18-9(6)12/h3,6-7,9,13H,2H2,1H3,(H,11,14)(H,16,17). The molecule has 2 amide bonds. The molecule has 0 aromatic heterocycles. The molecule has 2 rings (SSSR count). The number of carboxylic acid groups (broad SMARTS) is 1. The number of aliphatic hydroxyl groups is 1. The highest BCUT2D eigenvalue weighted by molar-refractivity contribution is 8.02. The Hall–Kier alpha value is -1.54. The Labute approximate surface area is 107 Å². The number of nitrogens with one attached hydrogen (secondary N) is 1. The Balaban J connectivity index is 2.23. The van der Waals surface area contributed by atoms with Crippen molar-refractivity contribution >= 4 is 29.5 Å². The van der Waals surface area contributed by atoms with Crippen molar-refractivity contribution in [3.05, 3.63) is 11.0 Å². The lowest BCUT2D eigenvalue weighted by molar-refractivity contribution is -0.160. The van der Waals surface area contributed by atoms with Crippen LogP contribution < -0.4 is 5.32 Å². The summed E-state index contributed by atoms with van der Waals surface area (Å²) in [6.07, 6.45) is 0. The number of β-lactam (4-membered cyclic amide) rings is 1. The van der Waals surface area contributed by atoms with Gasteiger partial charge in [-0.15, -0.1) is 11.8 Å². The first kappa shape index (κ1) is 12.9. The fraction of sp³-hybridized carbons (Fsp3) is 0.500.